The van der Waals surface area contributed by atoms with Crippen LogP contribution in [0.3, 0.4) is 0 Å². The molecule has 0 radical (unpaired) electrons. The molecule has 0 aliphatic heterocycles. The summed E-state index contributed by atoms with van der Waals surface area (Å²) >= 11 is 0. The summed E-state index contributed by atoms with van der Waals surface area (Å²) in [5.74, 6) is 1.90. The molecule has 0 fully saturated rings. The van der Waals surface area contributed by atoms with Gasteiger partial charge in [0.05, 0.1) is 40.0 Å². The zero-order valence-corrected chi connectivity index (χ0v) is 17.9. The summed E-state index contributed by atoms with van der Waals surface area (Å²) < 4.78 is 22.1. The normalized spacial score (nSPS) is 10.6. The highest BCUT2D eigenvalue weighted by Gasteiger charge is 2.13. The quantitative estimate of drug-likeness (QED) is 0.556. The van der Waals surface area contributed by atoms with E-state index in [0.29, 0.717) is 46.7 Å². The van der Waals surface area contributed by atoms with Crippen molar-refractivity contribution in [2.24, 2.45) is 0 Å². The van der Waals surface area contributed by atoms with Crippen molar-refractivity contribution in [1.29, 1.82) is 0 Å². The first-order valence-corrected chi connectivity index (χ1v) is 9.60. The number of nitrogens with one attached hydrogen (secondary N) is 1. The first kappa shape index (κ1) is 21.9. The smallest absolute Gasteiger partial charge is 0.275 e. The Morgan fingerprint density at radius 1 is 0.935 bits per heavy atom. The molecule has 0 aliphatic carbocycles. The lowest BCUT2D eigenvalue weighted by Crippen LogP contribution is -2.34. The second-order valence-corrected chi connectivity index (χ2v) is 6.69. The molecule has 0 unspecified atom stereocenters. The fourth-order valence-corrected chi connectivity index (χ4v) is 3.20. The Bertz CT molecular complexity index is 1140. The third-order valence-corrected chi connectivity index (χ3v) is 4.83. The van der Waals surface area contributed by atoms with Gasteiger partial charge in [0, 0.05) is 11.9 Å². The summed E-state index contributed by atoms with van der Waals surface area (Å²) in [6.45, 7) is 0.219. The molecular weight excluding hydrogens is 402 g/mol. The molecule has 0 spiro atoms. The Labute approximate surface area is 179 Å². The number of nitrogens with zero attached hydrogens (tertiary/aromatic N) is 2. The van der Waals surface area contributed by atoms with Gasteiger partial charge in [-0.1, -0.05) is 6.07 Å². The number of methoxy groups -OCH3 is 4. The molecule has 1 heterocycles. The molecule has 0 saturated carbocycles. The molecule has 1 N–H and O–H groups in total. The van der Waals surface area contributed by atoms with Gasteiger partial charge in [-0.2, -0.15) is 5.10 Å². The van der Waals surface area contributed by atoms with E-state index in [0.717, 1.165) is 10.2 Å². The molecule has 1 aromatic heterocycles. The lowest BCUT2D eigenvalue weighted by atomic mass is 10.1. The predicted molar refractivity (Wildman–Crippen MR) is 115 cm³/mol. The van der Waals surface area contributed by atoms with Crippen LogP contribution >= 0.6 is 0 Å². The maximum Gasteiger partial charge on any atom is 0.275 e. The summed E-state index contributed by atoms with van der Waals surface area (Å²) in [7, 11) is 6.16. The number of aromatic nitrogens is 2. The summed E-state index contributed by atoms with van der Waals surface area (Å²) in [4.78, 5) is 25.1. The average molecular weight is 427 g/mol. The van der Waals surface area contributed by atoms with Gasteiger partial charge in [0.25, 0.3) is 5.56 Å². The van der Waals surface area contributed by atoms with Crippen LogP contribution < -0.4 is 29.8 Å². The molecule has 0 aliphatic rings. The largest absolute Gasteiger partial charge is 0.493 e. The number of carbonyl (C=O) groups excluding carboxylic acids is 1. The summed E-state index contributed by atoms with van der Waals surface area (Å²) in [5, 5.41) is 7.91. The van der Waals surface area contributed by atoms with Crippen LogP contribution in [0.15, 0.2) is 41.3 Å². The van der Waals surface area contributed by atoms with E-state index in [1.165, 1.54) is 20.4 Å². The maximum atomic E-state index is 12.8. The van der Waals surface area contributed by atoms with Crippen molar-refractivity contribution in [3.8, 4) is 23.0 Å². The van der Waals surface area contributed by atoms with Gasteiger partial charge in [0.15, 0.2) is 23.0 Å². The van der Waals surface area contributed by atoms with E-state index in [-0.39, 0.29) is 18.0 Å². The SMILES string of the molecule is COc1ccc(CCNC(=O)Cn2ncc3cc(OC)c(OC)cc3c2=O)cc1OC. The lowest BCUT2D eigenvalue weighted by Gasteiger charge is -2.11. The zero-order valence-electron chi connectivity index (χ0n) is 17.9. The molecule has 0 saturated heterocycles. The number of hydrogen-bond donors (Lipinski definition) is 1. The fraction of sp³-hybridized carbons (Fsp3) is 0.318. The maximum absolute atomic E-state index is 12.8. The van der Waals surface area contributed by atoms with E-state index >= 15 is 0 Å². The van der Waals surface area contributed by atoms with E-state index in [9.17, 15) is 9.59 Å². The van der Waals surface area contributed by atoms with Gasteiger partial charge >= 0.3 is 0 Å². The standard InChI is InChI=1S/C22H25N3O6/c1-28-17-6-5-14(9-18(17)29-2)7-8-23-21(26)13-25-22(27)16-11-20(31-4)19(30-3)10-15(16)12-24-25/h5-6,9-12H,7-8,13H2,1-4H3,(H,23,26). The Kier molecular flexibility index (Phi) is 6.96. The number of amides is 1. The third-order valence-electron chi connectivity index (χ3n) is 4.83. The van der Waals surface area contributed by atoms with Gasteiger partial charge in [-0.3, -0.25) is 9.59 Å². The number of hydrogen-bond acceptors (Lipinski definition) is 7. The second kappa shape index (κ2) is 9.84. The van der Waals surface area contributed by atoms with E-state index in [4.69, 9.17) is 18.9 Å². The minimum atomic E-state index is -0.381. The molecule has 164 valence electrons. The van der Waals surface area contributed by atoms with Crippen LogP contribution in [0.25, 0.3) is 10.8 Å². The van der Waals surface area contributed by atoms with Crippen molar-refractivity contribution in [2.45, 2.75) is 13.0 Å². The van der Waals surface area contributed by atoms with Gasteiger partial charge in [-0.05, 0) is 36.2 Å². The average Bonchev–Trinajstić information content (AvgIpc) is 2.80. The van der Waals surface area contributed by atoms with Gasteiger partial charge < -0.3 is 24.3 Å². The molecule has 0 atom stereocenters. The zero-order chi connectivity index (χ0) is 22.4. The number of benzene rings is 2. The Balaban J connectivity index is 1.66. The fourth-order valence-electron chi connectivity index (χ4n) is 3.20. The highest BCUT2D eigenvalue weighted by atomic mass is 16.5. The summed E-state index contributed by atoms with van der Waals surface area (Å²) in [5.41, 5.74) is 0.605. The van der Waals surface area contributed by atoms with Crippen LogP contribution in [0.5, 0.6) is 23.0 Å². The number of rotatable bonds is 9. The minimum absolute atomic E-state index is 0.185. The minimum Gasteiger partial charge on any atom is -0.493 e. The van der Waals surface area contributed by atoms with Crippen molar-refractivity contribution in [3.63, 3.8) is 0 Å². The first-order valence-electron chi connectivity index (χ1n) is 9.60. The number of fused-ring (bicyclic) bond motifs is 1. The Hall–Kier alpha value is -3.75. The molecule has 1 amide bonds. The summed E-state index contributed by atoms with van der Waals surface area (Å²) in [6, 6.07) is 8.85. The van der Waals surface area contributed by atoms with Crippen molar-refractivity contribution >= 4 is 16.7 Å². The molecule has 9 nitrogen and oxygen atoms in total. The van der Waals surface area contributed by atoms with Gasteiger partial charge in [-0.15, -0.1) is 0 Å². The van der Waals surface area contributed by atoms with E-state index < -0.39 is 0 Å². The Morgan fingerprint density at radius 2 is 1.58 bits per heavy atom. The molecule has 3 rings (SSSR count). The second-order valence-electron chi connectivity index (χ2n) is 6.69. The van der Waals surface area contributed by atoms with Gasteiger partial charge in [-0.25, -0.2) is 4.68 Å². The first-order chi connectivity index (χ1) is 15.0. The number of carbonyl (C=O) groups is 1. The van der Waals surface area contributed by atoms with Crippen molar-refractivity contribution in [2.75, 3.05) is 35.0 Å². The molecule has 31 heavy (non-hydrogen) atoms. The van der Waals surface area contributed by atoms with Crippen molar-refractivity contribution in [3.05, 3.63) is 52.4 Å². The van der Waals surface area contributed by atoms with Crippen LogP contribution in [0.2, 0.25) is 0 Å². The Morgan fingerprint density at radius 3 is 2.26 bits per heavy atom. The van der Waals surface area contributed by atoms with Crippen LogP contribution in [0, 0.1) is 0 Å². The number of ether oxygens (including phenoxy) is 4. The topological polar surface area (TPSA) is 101 Å². The summed E-state index contributed by atoms with van der Waals surface area (Å²) in [6.07, 6.45) is 2.12. The van der Waals surface area contributed by atoms with E-state index in [1.54, 1.807) is 26.4 Å². The predicted octanol–water partition coefficient (Wildman–Crippen LogP) is 1.79. The van der Waals surface area contributed by atoms with Crippen molar-refractivity contribution in [1.82, 2.24) is 15.1 Å². The van der Waals surface area contributed by atoms with E-state index in [1.807, 2.05) is 18.2 Å². The van der Waals surface area contributed by atoms with Gasteiger partial charge in [0.1, 0.15) is 6.54 Å². The van der Waals surface area contributed by atoms with Gasteiger partial charge in [0.2, 0.25) is 5.91 Å². The highest BCUT2D eigenvalue weighted by Crippen LogP contribution is 2.30. The van der Waals surface area contributed by atoms with E-state index in [2.05, 4.69) is 10.4 Å². The third kappa shape index (κ3) is 4.88. The molecular formula is C22H25N3O6. The van der Waals surface area contributed by atoms with Crippen molar-refractivity contribution < 1.29 is 23.7 Å². The molecule has 3 aromatic rings. The highest BCUT2D eigenvalue weighted by molar-refractivity contribution is 5.85. The lowest BCUT2D eigenvalue weighted by molar-refractivity contribution is -0.121. The molecule has 0 bridgehead atoms. The van der Waals surface area contributed by atoms with Crippen LogP contribution in [-0.4, -0.2) is 50.7 Å². The molecule has 2 aromatic carbocycles. The molecule has 9 heteroatoms. The van der Waals surface area contributed by atoms with Crippen LogP contribution in [-0.2, 0) is 17.8 Å². The van der Waals surface area contributed by atoms with Crippen LogP contribution in [0.1, 0.15) is 5.56 Å². The monoisotopic (exact) mass is 427 g/mol. The van der Waals surface area contributed by atoms with Crippen LogP contribution in [0.4, 0.5) is 0 Å².